The molecule has 0 atom stereocenters. The van der Waals surface area contributed by atoms with Crippen molar-refractivity contribution < 1.29 is 4.39 Å². The maximum Gasteiger partial charge on any atom is 0.172 e. The fourth-order valence-corrected chi connectivity index (χ4v) is 2.22. The van der Waals surface area contributed by atoms with Crippen molar-refractivity contribution in [3.63, 3.8) is 0 Å². The number of aromatic nitrogens is 2. The van der Waals surface area contributed by atoms with Gasteiger partial charge in [-0.3, -0.25) is 0 Å². The second-order valence-electron chi connectivity index (χ2n) is 4.86. The van der Waals surface area contributed by atoms with Crippen LogP contribution in [0.15, 0.2) is 54.6 Å². The number of hydrogen-bond donors (Lipinski definition) is 0. The standard InChI is InChI=1S/C17H15FN2/c1-12-8-10-14(11-9-12)17-16(18)13(2)19-20(17)15-6-4-3-5-7-15/h3-11H,1-2H3. The van der Waals surface area contributed by atoms with Gasteiger partial charge < -0.3 is 0 Å². The fraction of sp³-hybridized carbons (Fsp3) is 0.118. The van der Waals surface area contributed by atoms with E-state index in [2.05, 4.69) is 5.10 Å². The number of nitrogens with zero attached hydrogens (tertiary/aromatic N) is 2. The average molecular weight is 266 g/mol. The van der Waals surface area contributed by atoms with E-state index in [4.69, 9.17) is 0 Å². The highest BCUT2D eigenvalue weighted by Crippen LogP contribution is 2.27. The summed E-state index contributed by atoms with van der Waals surface area (Å²) in [6.45, 7) is 3.70. The molecule has 0 radical (unpaired) electrons. The third kappa shape index (κ3) is 2.11. The lowest BCUT2D eigenvalue weighted by Gasteiger charge is -2.07. The van der Waals surface area contributed by atoms with Crippen molar-refractivity contribution in [1.29, 1.82) is 0 Å². The smallest absolute Gasteiger partial charge is 0.172 e. The van der Waals surface area contributed by atoms with Crippen molar-refractivity contribution in [2.75, 3.05) is 0 Å². The zero-order valence-electron chi connectivity index (χ0n) is 11.5. The van der Waals surface area contributed by atoms with E-state index >= 15 is 0 Å². The molecule has 3 aromatic rings. The lowest BCUT2D eigenvalue weighted by Crippen LogP contribution is -1.99. The Kier molecular flexibility index (Phi) is 3.11. The summed E-state index contributed by atoms with van der Waals surface area (Å²) < 4.78 is 16.1. The molecular weight excluding hydrogens is 251 g/mol. The van der Waals surface area contributed by atoms with Crippen molar-refractivity contribution in [2.45, 2.75) is 13.8 Å². The molecule has 0 spiro atoms. The van der Waals surface area contributed by atoms with E-state index in [0.29, 0.717) is 11.4 Å². The largest absolute Gasteiger partial charge is 0.230 e. The summed E-state index contributed by atoms with van der Waals surface area (Å²) in [5.41, 5.74) is 3.75. The van der Waals surface area contributed by atoms with Crippen LogP contribution in [0.3, 0.4) is 0 Å². The molecule has 0 saturated heterocycles. The summed E-state index contributed by atoms with van der Waals surface area (Å²) in [5, 5.41) is 4.32. The molecule has 0 bridgehead atoms. The highest BCUT2D eigenvalue weighted by atomic mass is 19.1. The van der Waals surface area contributed by atoms with E-state index < -0.39 is 0 Å². The van der Waals surface area contributed by atoms with Crippen LogP contribution in [-0.4, -0.2) is 9.78 Å². The molecule has 1 heterocycles. The first kappa shape index (κ1) is 12.6. The van der Waals surface area contributed by atoms with Gasteiger partial charge in [0.2, 0.25) is 0 Å². The van der Waals surface area contributed by atoms with Gasteiger partial charge in [0, 0.05) is 5.56 Å². The highest BCUT2D eigenvalue weighted by molar-refractivity contribution is 5.63. The molecule has 2 aromatic carbocycles. The van der Waals surface area contributed by atoms with Crippen LogP contribution >= 0.6 is 0 Å². The van der Waals surface area contributed by atoms with Crippen molar-refractivity contribution in [3.8, 4) is 16.9 Å². The predicted molar refractivity (Wildman–Crippen MR) is 78.4 cm³/mol. The van der Waals surface area contributed by atoms with Gasteiger partial charge in [-0.25, -0.2) is 9.07 Å². The summed E-state index contributed by atoms with van der Waals surface area (Å²) in [5.74, 6) is -0.266. The van der Waals surface area contributed by atoms with Crippen LogP contribution in [-0.2, 0) is 0 Å². The Morgan fingerprint density at radius 3 is 2.20 bits per heavy atom. The number of aryl methyl sites for hydroxylation is 2. The lowest BCUT2D eigenvalue weighted by atomic mass is 10.1. The van der Waals surface area contributed by atoms with E-state index in [-0.39, 0.29) is 5.82 Å². The van der Waals surface area contributed by atoms with Crippen molar-refractivity contribution >= 4 is 0 Å². The van der Waals surface area contributed by atoms with Gasteiger partial charge in [0.25, 0.3) is 0 Å². The van der Waals surface area contributed by atoms with E-state index in [1.807, 2.05) is 61.5 Å². The minimum atomic E-state index is -0.266. The monoisotopic (exact) mass is 266 g/mol. The quantitative estimate of drug-likeness (QED) is 0.676. The number of rotatable bonds is 2. The summed E-state index contributed by atoms with van der Waals surface area (Å²) >= 11 is 0. The van der Waals surface area contributed by atoms with Crippen LogP contribution in [0.5, 0.6) is 0 Å². The summed E-state index contributed by atoms with van der Waals surface area (Å²) in [4.78, 5) is 0. The first-order valence-electron chi connectivity index (χ1n) is 6.54. The predicted octanol–water partition coefficient (Wildman–Crippen LogP) is 4.30. The Morgan fingerprint density at radius 2 is 1.55 bits per heavy atom. The molecule has 0 amide bonds. The van der Waals surface area contributed by atoms with E-state index in [1.54, 1.807) is 11.6 Å². The molecule has 0 aliphatic heterocycles. The lowest BCUT2D eigenvalue weighted by molar-refractivity contribution is 0.622. The summed E-state index contributed by atoms with van der Waals surface area (Å²) in [6.07, 6.45) is 0. The zero-order chi connectivity index (χ0) is 14.1. The Morgan fingerprint density at radius 1 is 0.900 bits per heavy atom. The number of hydrogen-bond acceptors (Lipinski definition) is 1. The molecule has 3 rings (SSSR count). The third-order valence-electron chi connectivity index (χ3n) is 3.31. The normalized spacial score (nSPS) is 10.8. The maximum atomic E-state index is 14.4. The molecule has 2 nitrogen and oxygen atoms in total. The second kappa shape index (κ2) is 4.93. The average Bonchev–Trinajstić information content (AvgIpc) is 2.77. The van der Waals surface area contributed by atoms with Gasteiger partial charge in [-0.1, -0.05) is 48.0 Å². The van der Waals surface area contributed by atoms with Gasteiger partial charge in [0.05, 0.1) is 11.4 Å². The van der Waals surface area contributed by atoms with Gasteiger partial charge in [-0.2, -0.15) is 5.10 Å². The number of halogens is 1. The van der Waals surface area contributed by atoms with Gasteiger partial charge in [-0.15, -0.1) is 0 Å². The topological polar surface area (TPSA) is 17.8 Å². The maximum absolute atomic E-state index is 14.4. The number of benzene rings is 2. The van der Waals surface area contributed by atoms with Crippen molar-refractivity contribution in [2.24, 2.45) is 0 Å². The zero-order valence-corrected chi connectivity index (χ0v) is 11.5. The van der Waals surface area contributed by atoms with Crippen molar-refractivity contribution in [1.82, 2.24) is 9.78 Å². The minimum absolute atomic E-state index is 0.266. The summed E-state index contributed by atoms with van der Waals surface area (Å²) in [6, 6.07) is 17.4. The molecule has 0 aliphatic carbocycles. The molecule has 0 saturated carbocycles. The molecule has 3 heteroatoms. The third-order valence-corrected chi connectivity index (χ3v) is 3.31. The Balaban J connectivity index is 2.22. The summed E-state index contributed by atoms with van der Waals surface area (Å²) in [7, 11) is 0. The first-order chi connectivity index (χ1) is 9.66. The molecule has 100 valence electrons. The van der Waals surface area contributed by atoms with Gasteiger partial charge in [0.15, 0.2) is 5.82 Å². The van der Waals surface area contributed by atoms with Gasteiger partial charge in [-0.05, 0) is 26.0 Å². The van der Waals surface area contributed by atoms with E-state index in [1.165, 1.54) is 0 Å². The Bertz CT molecular complexity index is 728. The Labute approximate surface area is 117 Å². The molecular formula is C17H15FN2. The second-order valence-corrected chi connectivity index (χ2v) is 4.86. The van der Waals surface area contributed by atoms with Crippen LogP contribution in [0.25, 0.3) is 16.9 Å². The molecule has 0 unspecified atom stereocenters. The molecule has 20 heavy (non-hydrogen) atoms. The van der Waals surface area contributed by atoms with Crippen LogP contribution < -0.4 is 0 Å². The molecule has 0 N–H and O–H groups in total. The SMILES string of the molecule is Cc1ccc(-c2c(F)c(C)nn2-c2ccccc2)cc1. The number of para-hydroxylation sites is 1. The minimum Gasteiger partial charge on any atom is -0.230 e. The molecule has 1 aromatic heterocycles. The van der Waals surface area contributed by atoms with E-state index in [9.17, 15) is 4.39 Å². The van der Waals surface area contributed by atoms with Crippen LogP contribution in [0.4, 0.5) is 4.39 Å². The van der Waals surface area contributed by atoms with Crippen LogP contribution in [0.1, 0.15) is 11.3 Å². The van der Waals surface area contributed by atoms with Gasteiger partial charge in [0.1, 0.15) is 5.69 Å². The van der Waals surface area contributed by atoms with Crippen LogP contribution in [0, 0.1) is 19.7 Å². The van der Waals surface area contributed by atoms with Crippen molar-refractivity contribution in [3.05, 3.63) is 71.7 Å². The fourth-order valence-electron chi connectivity index (χ4n) is 2.22. The van der Waals surface area contributed by atoms with Crippen LogP contribution in [0.2, 0.25) is 0 Å². The Hall–Kier alpha value is -2.42. The molecule has 0 aliphatic rings. The van der Waals surface area contributed by atoms with E-state index in [0.717, 1.165) is 16.8 Å². The van der Waals surface area contributed by atoms with Gasteiger partial charge >= 0.3 is 0 Å². The molecule has 0 fully saturated rings. The first-order valence-corrected chi connectivity index (χ1v) is 6.54. The highest BCUT2D eigenvalue weighted by Gasteiger charge is 2.17.